The van der Waals surface area contributed by atoms with Crippen molar-refractivity contribution in [3.63, 3.8) is 0 Å². The summed E-state index contributed by atoms with van der Waals surface area (Å²) in [5.41, 5.74) is 1.54. The van der Waals surface area contributed by atoms with Gasteiger partial charge in [-0.15, -0.1) is 0 Å². The number of benzene rings is 1. The van der Waals surface area contributed by atoms with Crippen LogP contribution < -0.4 is 5.32 Å². The molecule has 1 aromatic heterocycles. The second-order valence-corrected chi connectivity index (χ2v) is 6.57. The van der Waals surface area contributed by atoms with Gasteiger partial charge in [-0.1, -0.05) is 0 Å². The molecule has 1 aromatic carbocycles. The van der Waals surface area contributed by atoms with Gasteiger partial charge in [-0.05, 0) is 43.1 Å². The first-order valence-corrected chi connectivity index (χ1v) is 8.57. The Morgan fingerprint density at radius 2 is 1.85 bits per heavy atom. The van der Waals surface area contributed by atoms with Crippen molar-refractivity contribution >= 4 is 28.8 Å². The maximum absolute atomic E-state index is 12.3. The van der Waals surface area contributed by atoms with Gasteiger partial charge in [-0.3, -0.25) is 4.79 Å². The van der Waals surface area contributed by atoms with Crippen LogP contribution in [0.15, 0.2) is 47.1 Å². The highest BCUT2D eigenvalue weighted by Gasteiger charge is 2.38. The number of rotatable bonds is 4. The van der Waals surface area contributed by atoms with Gasteiger partial charge in [0, 0.05) is 42.2 Å². The molecule has 3 heterocycles. The zero-order valence-electron chi connectivity index (χ0n) is 14.5. The normalized spacial score (nSPS) is 23.2. The Bertz CT molecular complexity index is 871. The lowest BCUT2D eigenvalue weighted by molar-refractivity contribution is -0.134. The van der Waals surface area contributed by atoms with Crippen LogP contribution in [0.2, 0.25) is 0 Å². The molecule has 27 heavy (non-hydrogen) atoms. The average molecular weight is 372 g/mol. The number of amides is 1. The Balaban J connectivity index is 0.000000226. The fourth-order valence-electron chi connectivity index (χ4n) is 3.45. The number of piperidine rings is 1. The highest BCUT2D eigenvalue weighted by molar-refractivity contribution is 5.98. The maximum atomic E-state index is 12.3. The number of carboxylic acids is 2. The minimum absolute atomic E-state index is 0.0295. The topological polar surface area (TPSA) is 120 Å². The first-order chi connectivity index (χ1) is 12.9. The third-order valence-corrected chi connectivity index (χ3v) is 4.73. The molecule has 3 N–H and O–H groups in total. The number of carbonyl (C=O) groups is 3. The minimum atomic E-state index is -1.26. The monoisotopic (exact) mass is 372 g/mol. The molecule has 2 saturated heterocycles. The van der Waals surface area contributed by atoms with Gasteiger partial charge in [0.2, 0.25) is 0 Å². The molecule has 2 aliphatic heterocycles. The molecule has 0 aliphatic carbocycles. The molecule has 0 saturated carbocycles. The predicted molar refractivity (Wildman–Crippen MR) is 96.4 cm³/mol. The van der Waals surface area contributed by atoms with Crippen molar-refractivity contribution in [2.75, 3.05) is 19.6 Å². The molecule has 8 heteroatoms. The third kappa shape index (κ3) is 4.73. The number of nitrogens with one attached hydrogen (secondary N) is 1. The van der Waals surface area contributed by atoms with Crippen molar-refractivity contribution in [3.05, 3.63) is 48.2 Å². The van der Waals surface area contributed by atoms with E-state index in [1.807, 2.05) is 24.3 Å². The summed E-state index contributed by atoms with van der Waals surface area (Å²) >= 11 is 0. The van der Waals surface area contributed by atoms with Crippen LogP contribution in [-0.2, 0) is 9.59 Å². The summed E-state index contributed by atoms with van der Waals surface area (Å²) in [4.78, 5) is 33.8. The lowest BCUT2D eigenvalue weighted by Crippen LogP contribution is -2.43. The number of hydrogen-bond acceptors (Lipinski definition) is 5. The molecule has 4 rings (SSSR count). The van der Waals surface area contributed by atoms with Crippen molar-refractivity contribution in [1.82, 2.24) is 10.2 Å². The number of nitrogens with zero attached hydrogens (tertiary/aromatic N) is 1. The smallest absolute Gasteiger partial charge is 0.328 e. The Morgan fingerprint density at radius 1 is 1.11 bits per heavy atom. The van der Waals surface area contributed by atoms with Gasteiger partial charge in [0.05, 0.1) is 6.26 Å². The molecule has 2 bridgehead atoms. The van der Waals surface area contributed by atoms with Crippen LogP contribution in [0.25, 0.3) is 11.0 Å². The van der Waals surface area contributed by atoms with Gasteiger partial charge in [-0.2, -0.15) is 0 Å². The van der Waals surface area contributed by atoms with Gasteiger partial charge in [0.25, 0.3) is 5.91 Å². The Morgan fingerprint density at radius 3 is 2.44 bits per heavy atom. The lowest BCUT2D eigenvalue weighted by atomic mass is 9.99. The first kappa shape index (κ1) is 18.7. The highest BCUT2D eigenvalue weighted by atomic mass is 16.4. The number of furan rings is 1. The van der Waals surface area contributed by atoms with Crippen molar-refractivity contribution < 1.29 is 29.0 Å². The second-order valence-electron chi connectivity index (χ2n) is 6.57. The van der Waals surface area contributed by atoms with E-state index in [0.717, 1.165) is 24.1 Å². The Hall–Kier alpha value is -3.13. The fraction of sp³-hybridized carbons (Fsp3) is 0.316. The quantitative estimate of drug-likeness (QED) is 0.697. The van der Waals surface area contributed by atoms with Crippen molar-refractivity contribution in [1.29, 1.82) is 0 Å². The van der Waals surface area contributed by atoms with Gasteiger partial charge < -0.3 is 24.8 Å². The Kier molecular flexibility index (Phi) is 5.56. The summed E-state index contributed by atoms with van der Waals surface area (Å²) in [6.07, 6.45) is 3.98. The zero-order chi connectivity index (χ0) is 19.4. The SMILES string of the molecule is O=C(N[C@@H]1CN2CC[C@H]1C2)c1ccc2occc2c1.O=C(O)/C=C/C(=O)O. The van der Waals surface area contributed by atoms with Gasteiger partial charge >= 0.3 is 11.9 Å². The molecular weight excluding hydrogens is 352 g/mol. The molecule has 2 fully saturated rings. The van der Waals surface area contributed by atoms with Crippen molar-refractivity contribution in [3.8, 4) is 0 Å². The third-order valence-electron chi connectivity index (χ3n) is 4.73. The Labute approximate surface area is 155 Å². The molecule has 2 aliphatic rings. The van der Waals surface area contributed by atoms with Crippen LogP contribution in [0.4, 0.5) is 0 Å². The molecule has 3 atom stereocenters. The van der Waals surface area contributed by atoms with E-state index in [0.29, 0.717) is 29.7 Å². The number of carbonyl (C=O) groups excluding carboxylic acids is 1. The number of fused-ring (bicyclic) bond motifs is 3. The van der Waals surface area contributed by atoms with E-state index in [1.165, 1.54) is 13.0 Å². The summed E-state index contributed by atoms with van der Waals surface area (Å²) in [5.74, 6) is -1.84. The molecule has 142 valence electrons. The van der Waals surface area contributed by atoms with E-state index in [1.54, 1.807) is 6.26 Å². The van der Waals surface area contributed by atoms with Crippen LogP contribution in [0.1, 0.15) is 16.8 Å². The van der Waals surface area contributed by atoms with E-state index in [2.05, 4.69) is 10.2 Å². The number of aliphatic carboxylic acids is 2. The predicted octanol–water partition coefficient (Wildman–Crippen LogP) is 1.58. The average Bonchev–Trinajstić information content (AvgIpc) is 3.36. The summed E-state index contributed by atoms with van der Waals surface area (Å²) in [6.45, 7) is 3.34. The van der Waals surface area contributed by atoms with Crippen LogP contribution in [0.5, 0.6) is 0 Å². The fourth-order valence-corrected chi connectivity index (χ4v) is 3.45. The maximum Gasteiger partial charge on any atom is 0.328 e. The van der Waals surface area contributed by atoms with Gasteiger partial charge in [-0.25, -0.2) is 9.59 Å². The lowest BCUT2D eigenvalue weighted by Gasteiger charge is -2.23. The van der Waals surface area contributed by atoms with Gasteiger partial charge in [0.15, 0.2) is 0 Å². The molecular formula is C19H20N2O6. The molecule has 0 spiro atoms. The van der Waals surface area contributed by atoms with E-state index >= 15 is 0 Å². The van der Waals surface area contributed by atoms with Gasteiger partial charge in [0.1, 0.15) is 5.58 Å². The largest absolute Gasteiger partial charge is 0.478 e. The van der Waals surface area contributed by atoms with Crippen LogP contribution >= 0.6 is 0 Å². The summed E-state index contributed by atoms with van der Waals surface area (Å²) in [7, 11) is 0. The molecule has 8 nitrogen and oxygen atoms in total. The van der Waals surface area contributed by atoms with Crippen molar-refractivity contribution in [2.24, 2.45) is 5.92 Å². The van der Waals surface area contributed by atoms with E-state index in [9.17, 15) is 14.4 Å². The first-order valence-electron chi connectivity index (χ1n) is 8.57. The highest BCUT2D eigenvalue weighted by Crippen LogP contribution is 2.28. The number of hydrogen-bond donors (Lipinski definition) is 3. The van der Waals surface area contributed by atoms with E-state index < -0.39 is 11.9 Å². The van der Waals surface area contributed by atoms with Crippen LogP contribution in [-0.4, -0.2) is 58.6 Å². The standard InChI is InChI=1S/C15H16N2O2.C4H4O4/c18-15(16-13-9-17-5-3-12(13)8-17)11-1-2-14-10(7-11)4-6-19-14;5-3(6)1-2-4(7)8/h1-2,4,6-7,12-13H,3,5,8-9H2,(H,16,18);1-2H,(H,5,6)(H,7,8)/b;2-1+/t12-,13+;/m0./s1. The van der Waals surface area contributed by atoms with E-state index in [-0.39, 0.29) is 5.91 Å². The summed E-state index contributed by atoms with van der Waals surface area (Å²) < 4.78 is 5.29. The molecule has 1 unspecified atom stereocenters. The molecule has 2 aromatic rings. The zero-order valence-corrected chi connectivity index (χ0v) is 14.5. The number of carboxylic acid groups (broad SMARTS) is 2. The molecule has 1 amide bonds. The van der Waals surface area contributed by atoms with E-state index in [4.69, 9.17) is 14.6 Å². The minimum Gasteiger partial charge on any atom is -0.478 e. The summed E-state index contributed by atoms with van der Waals surface area (Å²) in [5, 5.41) is 19.8. The molecule has 0 radical (unpaired) electrons. The summed E-state index contributed by atoms with van der Waals surface area (Å²) in [6, 6.07) is 7.78. The van der Waals surface area contributed by atoms with Crippen LogP contribution in [0.3, 0.4) is 0 Å². The second kappa shape index (κ2) is 8.05. The van der Waals surface area contributed by atoms with Crippen molar-refractivity contribution in [2.45, 2.75) is 12.5 Å². The van der Waals surface area contributed by atoms with Crippen LogP contribution in [0, 0.1) is 5.92 Å².